The normalized spacial score (nSPS) is 17.6. The van der Waals surface area contributed by atoms with Gasteiger partial charge in [0.25, 0.3) is 5.56 Å². The molecule has 0 aliphatic heterocycles. The quantitative estimate of drug-likeness (QED) is 0.296. The Balaban J connectivity index is 1.49. The summed E-state index contributed by atoms with van der Waals surface area (Å²) in [5.74, 6) is 0.0822. The van der Waals surface area contributed by atoms with Gasteiger partial charge in [-0.1, -0.05) is 43.7 Å². The van der Waals surface area contributed by atoms with E-state index in [0.29, 0.717) is 40.0 Å². The lowest BCUT2D eigenvalue weighted by atomic mass is 9.92. The molecule has 1 fully saturated rings. The average Bonchev–Trinajstić information content (AvgIpc) is 3.44. The molecule has 214 valence electrons. The fourth-order valence-corrected chi connectivity index (χ4v) is 5.75. The van der Waals surface area contributed by atoms with Crippen molar-refractivity contribution in [3.63, 3.8) is 0 Å². The largest absolute Gasteiger partial charge is 0.388 e. The zero-order chi connectivity index (χ0) is 29.1. The van der Waals surface area contributed by atoms with E-state index in [1.165, 1.54) is 12.4 Å². The molecule has 1 saturated carbocycles. The summed E-state index contributed by atoms with van der Waals surface area (Å²) in [5, 5.41) is 24.0. The third-order valence-electron chi connectivity index (χ3n) is 7.77. The van der Waals surface area contributed by atoms with E-state index in [-0.39, 0.29) is 30.7 Å². The smallest absolute Gasteiger partial charge is 0.259 e. The van der Waals surface area contributed by atoms with Gasteiger partial charge >= 0.3 is 0 Å². The second kappa shape index (κ2) is 11.9. The summed E-state index contributed by atoms with van der Waals surface area (Å²) in [5.41, 5.74) is 2.39. The van der Waals surface area contributed by atoms with Gasteiger partial charge in [0.05, 0.1) is 35.6 Å². The molecule has 1 aliphatic rings. The summed E-state index contributed by atoms with van der Waals surface area (Å²) in [6, 6.07) is 14.1. The van der Waals surface area contributed by atoms with Crippen molar-refractivity contribution < 1.29 is 14.2 Å². The SMILES string of the molecule is CCCc1c(Cc2ccc(-c3ccccc3C#N)cc2F)c(=O)n([C@H]2CC[C@H](OCC(C)(C)O)CC2)c2ncnn12. The van der Waals surface area contributed by atoms with Crippen LogP contribution in [0.3, 0.4) is 0 Å². The highest BCUT2D eigenvalue weighted by Crippen LogP contribution is 2.32. The molecule has 1 N–H and O–H groups in total. The van der Waals surface area contributed by atoms with E-state index >= 15 is 4.39 Å². The molecule has 0 spiro atoms. The van der Waals surface area contributed by atoms with Crippen molar-refractivity contribution in [1.82, 2.24) is 19.2 Å². The Morgan fingerprint density at radius 1 is 1.17 bits per heavy atom. The van der Waals surface area contributed by atoms with Gasteiger partial charge < -0.3 is 9.84 Å². The third-order valence-corrected chi connectivity index (χ3v) is 7.77. The summed E-state index contributed by atoms with van der Waals surface area (Å²) in [6.07, 6.45) is 6.01. The minimum Gasteiger partial charge on any atom is -0.388 e. The Morgan fingerprint density at radius 3 is 2.61 bits per heavy atom. The van der Waals surface area contributed by atoms with Gasteiger partial charge in [0, 0.05) is 18.0 Å². The van der Waals surface area contributed by atoms with Crippen LogP contribution >= 0.6 is 0 Å². The molecule has 41 heavy (non-hydrogen) atoms. The van der Waals surface area contributed by atoms with Crippen molar-refractivity contribution in [3.8, 4) is 17.2 Å². The molecular formula is C32H36FN5O3. The standard InChI is InChI=1S/C32H36FN5O3/c1-4-7-29-27(16-22-11-10-21(17-28(22)33)26-9-6-5-8-23(26)18-34)30(39)37(31-35-20-36-38(29)31)24-12-14-25(15-13-24)41-19-32(2,3)40/h5-6,8-11,17,20,24-25,40H,4,7,12-16,19H2,1-3H3/t24-,25-. The number of rotatable bonds is 9. The molecule has 5 rings (SSSR count). The number of nitriles is 1. The summed E-state index contributed by atoms with van der Waals surface area (Å²) >= 11 is 0. The average molecular weight is 558 g/mol. The molecular weight excluding hydrogens is 521 g/mol. The van der Waals surface area contributed by atoms with Crippen molar-refractivity contribution in [2.45, 2.75) is 83.5 Å². The van der Waals surface area contributed by atoms with Crippen molar-refractivity contribution in [2.75, 3.05) is 6.61 Å². The number of halogens is 1. The number of aryl methyl sites for hydroxylation is 1. The van der Waals surface area contributed by atoms with Gasteiger partial charge in [0.15, 0.2) is 0 Å². The van der Waals surface area contributed by atoms with E-state index in [1.807, 2.05) is 13.0 Å². The predicted octanol–water partition coefficient (Wildman–Crippen LogP) is 5.38. The maximum absolute atomic E-state index is 15.6. The molecule has 2 heterocycles. The molecule has 0 atom stereocenters. The Morgan fingerprint density at radius 2 is 1.93 bits per heavy atom. The van der Waals surface area contributed by atoms with Crippen LogP contribution in [0.1, 0.15) is 81.3 Å². The number of nitrogens with zero attached hydrogens (tertiary/aromatic N) is 5. The molecule has 2 aromatic heterocycles. The van der Waals surface area contributed by atoms with Crippen molar-refractivity contribution >= 4 is 5.78 Å². The monoisotopic (exact) mass is 557 g/mol. The maximum atomic E-state index is 15.6. The van der Waals surface area contributed by atoms with Crippen LogP contribution in [0.15, 0.2) is 53.6 Å². The Bertz CT molecular complexity index is 1640. The zero-order valence-corrected chi connectivity index (χ0v) is 23.8. The maximum Gasteiger partial charge on any atom is 0.259 e. The van der Waals surface area contributed by atoms with Gasteiger partial charge in [-0.2, -0.15) is 15.3 Å². The van der Waals surface area contributed by atoms with E-state index in [2.05, 4.69) is 16.2 Å². The number of fused-ring (bicyclic) bond motifs is 1. The first kappa shape index (κ1) is 28.7. The van der Waals surface area contributed by atoms with Crippen LogP contribution in [-0.4, -0.2) is 42.6 Å². The van der Waals surface area contributed by atoms with Crippen LogP contribution in [0.25, 0.3) is 16.9 Å². The zero-order valence-electron chi connectivity index (χ0n) is 23.8. The highest BCUT2D eigenvalue weighted by molar-refractivity contribution is 5.70. The van der Waals surface area contributed by atoms with Crippen LogP contribution in [0.5, 0.6) is 0 Å². The van der Waals surface area contributed by atoms with Crippen LogP contribution in [0, 0.1) is 17.1 Å². The molecule has 0 bridgehead atoms. The minimum atomic E-state index is -0.891. The van der Waals surface area contributed by atoms with E-state index < -0.39 is 11.4 Å². The summed E-state index contributed by atoms with van der Waals surface area (Å²) in [6.45, 7) is 5.75. The van der Waals surface area contributed by atoms with Crippen LogP contribution in [-0.2, 0) is 17.6 Å². The van der Waals surface area contributed by atoms with Gasteiger partial charge in [-0.25, -0.2) is 8.91 Å². The highest BCUT2D eigenvalue weighted by atomic mass is 19.1. The van der Waals surface area contributed by atoms with Gasteiger partial charge in [-0.05, 0) is 74.8 Å². The molecule has 0 amide bonds. The lowest BCUT2D eigenvalue weighted by Crippen LogP contribution is -2.36. The molecule has 4 aromatic rings. The molecule has 0 radical (unpaired) electrons. The van der Waals surface area contributed by atoms with Gasteiger partial charge in [-0.3, -0.25) is 9.36 Å². The lowest BCUT2D eigenvalue weighted by Gasteiger charge is -2.32. The topological polar surface area (TPSA) is 105 Å². The first-order chi connectivity index (χ1) is 19.7. The third kappa shape index (κ3) is 6.09. The number of hydrogen-bond donors (Lipinski definition) is 1. The minimum absolute atomic E-state index is 0.0277. The van der Waals surface area contributed by atoms with Crippen molar-refractivity contribution in [3.05, 3.63) is 87.3 Å². The number of benzene rings is 2. The highest BCUT2D eigenvalue weighted by Gasteiger charge is 2.29. The predicted molar refractivity (Wildman–Crippen MR) is 154 cm³/mol. The number of ether oxygens (including phenoxy) is 1. The molecule has 9 heteroatoms. The molecule has 0 unspecified atom stereocenters. The van der Waals surface area contributed by atoms with Crippen LogP contribution in [0.2, 0.25) is 0 Å². The second-order valence-electron chi connectivity index (χ2n) is 11.5. The molecule has 0 saturated heterocycles. The summed E-state index contributed by atoms with van der Waals surface area (Å²) < 4.78 is 25.0. The second-order valence-corrected chi connectivity index (χ2v) is 11.5. The summed E-state index contributed by atoms with van der Waals surface area (Å²) in [4.78, 5) is 18.6. The fraction of sp³-hybridized carbons (Fsp3) is 0.438. The first-order valence-electron chi connectivity index (χ1n) is 14.3. The number of hydrogen-bond acceptors (Lipinski definition) is 6. The Hall–Kier alpha value is -3.87. The van der Waals surface area contributed by atoms with E-state index in [4.69, 9.17) is 4.74 Å². The molecule has 8 nitrogen and oxygen atoms in total. The van der Waals surface area contributed by atoms with Gasteiger partial charge in [-0.15, -0.1) is 0 Å². The fourth-order valence-electron chi connectivity index (χ4n) is 5.75. The molecule has 2 aromatic carbocycles. The molecule has 1 aliphatic carbocycles. The Labute approximate surface area is 239 Å². The van der Waals surface area contributed by atoms with Gasteiger partial charge in [0.2, 0.25) is 5.78 Å². The van der Waals surface area contributed by atoms with Crippen molar-refractivity contribution in [1.29, 1.82) is 5.26 Å². The Kier molecular flexibility index (Phi) is 8.34. The van der Waals surface area contributed by atoms with Crippen LogP contribution in [0.4, 0.5) is 4.39 Å². The van der Waals surface area contributed by atoms with Gasteiger partial charge in [0.1, 0.15) is 12.1 Å². The number of aliphatic hydroxyl groups is 1. The van der Waals surface area contributed by atoms with Crippen molar-refractivity contribution in [2.24, 2.45) is 0 Å². The lowest BCUT2D eigenvalue weighted by molar-refractivity contribution is -0.0654. The van der Waals surface area contributed by atoms with Crippen LogP contribution < -0.4 is 5.56 Å². The summed E-state index contributed by atoms with van der Waals surface area (Å²) in [7, 11) is 0. The van der Waals surface area contributed by atoms with E-state index in [1.54, 1.807) is 53.3 Å². The first-order valence-corrected chi connectivity index (χ1v) is 14.3. The van der Waals surface area contributed by atoms with E-state index in [9.17, 15) is 15.2 Å². The number of aromatic nitrogens is 4. The van der Waals surface area contributed by atoms with E-state index in [0.717, 1.165) is 37.8 Å².